The summed E-state index contributed by atoms with van der Waals surface area (Å²) in [6, 6.07) is 8.63. The molecule has 0 amide bonds. The highest BCUT2D eigenvalue weighted by Gasteiger charge is 2.13. The quantitative estimate of drug-likeness (QED) is 0.694. The Labute approximate surface area is 112 Å². The molecule has 1 aromatic carbocycles. The Bertz CT molecular complexity index is 377. The van der Waals surface area contributed by atoms with E-state index in [1.165, 1.54) is 24.0 Å². The summed E-state index contributed by atoms with van der Waals surface area (Å²) in [6.07, 6.45) is 8.13. The smallest absolute Gasteiger partial charge is 0.0125 e. The lowest BCUT2D eigenvalue weighted by Gasteiger charge is -2.25. The van der Waals surface area contributed by atoms with E-state index in [1.54, 1.807) is 0 Å². The first-order valence-electron chi connectivity index (χ1n) is 7.02. The number of nitrogens with one attached hydrogen (secondary N) is 1. The number of hydrogen-bond donors (Lipinski definition) is 1. The van der Waals surface area contributed by atoms with Crippen LogP contribution in [0, 0.1) is 6.92 Å². The monoisotopic (exact) mass is 245 g/mol. The molecule has 0 spiro atoms. The largest absolute Gasteiger partial charge is 0.312 e. The normalized spacial score (nSPS) is 12.2. The van der Waals surface area contributed by atoms with Crippen LogP contribution in [0.3, 0.4) is 0 Å². The van der Waals surface area contributed by atoms with Crippen molar-refractivity contribution in [2.45, 2.75) is 52.5 Å². The third-order valence-electron chi connectivity index (χ3n) is 3.18. The molecule has 0 atom stereocenters. The summed E-state index contributed by atoms with van der Waals surface area (Å²) >= 11 is 0. The third kappa shape index (κ3) is 6.02. The van der Waals surface area contributed by atoms with Gasteiger partial charge >= 0.3 is 0 Å². The Hall–Kier alpha value is -1.08. The molecular weight excluding hydrogens is 218 g/mol. The lowest BCUT2D eigenvalue weighted by Crippen LogP contribution is -2.38. The zero-order valence-electron chi connectivity index (χ0n) is 12.3. The highest BCUT2D eigenvalue weighted by molar-refractivity contribution is 5.49. The second kappa shape index (κ2) is 7.38. The topological polar surface area (TPSA) is 12.0 Å². The van der Waals surface area contributed by atoms with Crippen molar-refractivity contribution in [3.63, 3.8) is 0 Å². The average Bonchev–Trinajstić information content (AvgIpc) is 2.28. The van der Waals surface area contributed by atoms with Crippen molar-refractivity contribution in [3.8, 4) is 0 Å². The molecule has 0 fully saturated rings. The number of aryl methyl sites for hydroxylation is 1. The summed E-state index contributed by atoms with van der Waals surface area (Å²) in [6.45, 7) is 9.91. The molecule has 1 rings (SSSR count). The van der Waals surface area contributed by atoms with E-state index < -0.39 is 0 Å². The molecule has 0 aromatic heterocycles. The molecule has 1 N–H and O–H groups in total. The lowest BCUT2D eigenvalue weighted by atomic mass is 9.97. The minimum Gasteiger partial charge on any atom is -0.312 e. The van der Waals surface area contributed by atoms with Gasteiger partial charge in [-0.3, -0.25) is 0 Å². The summed E-state index contributed by atoms with van der Waals surface area (Å²) in [5.74, 6) is 0. The van der Waals surface area contributed by atoms with Crippen LogP contribution in [0.2, 0.25) is 0 Å². The molecule has 0 bridgehead atoms. The van der Waals surface area contributed by atoms with Crippen LogP contribution in [0.1, 0.15) is 51.2 Å². The van der Waals surface area contributed by atoms with Crippen LogP contribution in [0.15, 0.2) is 30.3 Å². The molecule has 0 saturated carbocycles. The third-order valence-corrected chi connectivity index (χ3v) is 3.18. The van der Waals surface area contributed by atoms with Crippen LogP contribution in [-0.2, 0) is 0 Å². The summed E-state index contributed by atoms with van der Waals surface area (Å²) in [7, 11) is 0. The second-order valence-electron chi connectivity index (χ2n) is 5.62. The molecule has 1 aromatic rings. The number of allylic oxidation sites excluding steroid dienone is 1. The van der Waals surface area contributed by atoms with Gasteiger partial charge in [-0.05, 0) is 52.1 Å². The van der Waals surface area contributed by atoms with Crippen LogP contribution in [0.5, 0.6) is 0 Å². The molecule has 0 aliphatic heterocycles. The minimum atomic E-state index is 0.270. The van der Waals surface area contributed by atoms with E-state index in [9.17, 15) is 0 Å². The Kier molecular flexibility index (Phi) is 6.14. The first-order chi connectivity index (χ1) is 8.53. The zero-order chi connectivity index (χ0) is 13.4. The number of benzene rings is 1. The van der Waals surface area contributed by atoms with Gasteiger partial charge in [0.2, 0.25) is 0 Å². The predicted molar refractivity (Wildman–Crippen MR) is 81.8 cm³/mol. The molecule has 0 aliphatic carbocycles. The molecule has 0 radical (unpaired) electrons. The summed E-state index contributed by atoms with van der Waals surface area (Å²) in [5.41, 5.74) is 2.90. The van der Waals surface area contributed by atoms with E-state index in [-0.39, 0.29) is 5.54 Å². The highest BCUT2D eigenvalue weighted by atomic mass is 14.9. The van der Waals surface area contributed by atoms with Crippen LogP contribution in [0.4, 0.5) is 0 Å². The molecular formula is C17H27N. The highest BCUT2D eigenvalue weighted by Crippen LogP contribution is 2.13. The first kappa shape index (κ1) is 15.0. The van der Waals surface area contributed by atoms with Crippen LogP contribution in [0.25, 0.3) is 6.08 Å². The van der Waals surface area contributed by atoms with Gasteiger partial charge in [-0.1, -0.05) is 48.9 Å². The summed E-state index contributed by atoms with van der Waals surface area (Å²) in [5, 5.41) is 3.51. The fourth-order valence-corrected chi connectivity index (χ4v) is 2.22. The van der Waals surface area contributed by atoms with Gasteiger partial charge in [0.1, 0.15) is 0 Å². The van der Waals surface area contributed by atoms with E-state index in [1.807, 2.05) is 0 Å². The van der Waals surface area contributed by atoms with Gasteiger partial charge in [0.05, 0.1) is 0 Å². The van der Waals surface area contributed by atoms with Gasteiger partial charge in [-0.15, -0.1) is 0 Å². The van der Waals surface area contributed by atoms with Crippen molar-refractivity contribution in [1.29, 1.82) is 0 Å². The predicted octanol–water partition coefficient (Wildman–Crippen LogP) is 4.57. The fourth-order valence-electron chi connectivity index (χ4n) is 2.22. The van der Waals surface area contributed by atoms with E-state index in [2.05, 4.69) is 69.4 Å². The Morgan fingerprint density at radius 3 is 2.72 bits per heavy atom. The summed E-state index contributed by atoms with van der Waals surface area (Å²) < 4.78 is 0. The average molecular weight is 245 g/mol. The van der Waals surface area contributed by atoms with Crippen molar-refractivity contribution in [3.05, 3.63) is 41.5 Å². The Morgan fingerprint density at radius 2 is 2.06 bits per heavy atom. The molecule has 0 aliphatic rings. The number of unbranched alkanes of at least 4 members (excludes halogenated alkanes) is 1. The van der Waals surface area contributed by atoms with E-state index >= 15 is 0 Å². The molecule has 0 unspecified atom stereocenters. The van der Waals surface area contributed by atoms with E-state index in [0.29, 0.717) is 0 Å². The number of rotatable bonds is 7. The maximum atomic E-state index is 3.51. The molecule has 18 heavy (non-hydrogen) atoms. The van der Waals surface area contributed by atoms with Crippen molar-refractivity contribution in [2.24, 2.45) is 0 Å². The van der Waals surface area contributed by atoms with Gasteiger partial charge in [0, 0.05) is 5.54 Å². The lowest BCUT2D eigenvalue weighted by molar-refractivity contribution is 0.363. The van der Waals surface area contributed by atoms with Crippen molar-refractivity contribution < 1.29 is 0 Å². The van der Waals surface area contributed by atoms with Crippen molar-refractivity contribution in [2.75, 3.05) is 6.54 Å². The Morgan fingerprint density at radius 1 is 1.28 bits per heavy atom. The zero-order valence-corrected chi connectivity index (χ0v) is 12.3. The van der Waals surface area contributed by atoms with Crippen LogP contribution >= 0.6 is 0 Å². The first-order valence-corrected chi connectivity index (χ1v) is 7.02. The van der Waals surface area contributed by atoms with Crippen LogP contribution in [-0.4, -0.2) is 12.1 Å². The van der Waals surface area contributed by atoms with Gasteiger partial charge < -0.3 is 5.32 Å². The van der Waals surface area contributed by atoms with Crippen molar-refractivity contribution in [1.82, 2.24) is 5.32 Å². The van der Waals surface area contributed by atoms with E-state index in [4.69, 9.17) is 0 Å². The van der Waals surface area contributed by atoms with E-state index in [0.717, 1.165) is 13.0 Å². The number of hydrogen-bond acceptors (Lipinski definition) is 1. The maximum Gasteiger partial charge on any atom is 0.0125 e. The molecule has 1 heteroatoms. The molecule has 0 heterocycles. The molecule has 0 saturated heterocycles. The van der Waals surface area contributed by atoms with Crippen molar-refractivity contribution >= 4 is 6.08 Å². The minimum absolute atomic E-state index is 0.270. The van der Waals surface area contributed by atoms with Gasteiger partial charge in [0.25, 0.3) is 0 Å². The molecule has 1 nitrogen and oxygen atoms in total. The van der Waals surface area contributed by atoms with Crippen LogP contribution < -0.4 is 5.32 Å². The Balaban J connectivity index is 2.30. The standard InChI is InChI=1S/C17H27N/c1-5-18-17(3,4)13-8-6-7-11-16-12-9-10-15(2)14-16/h7,9-12,14,18H,5-6,8,13H2,1-4H3/b11-7+. The fraction of sp³-hybridized carbons (Fsp3) is 0.529. The molecule has 100 valence electrons. The van der Waals surface area contributed by atoms with Gasteiger partial charge in [-0.2, -0.15) is 0 Å². The van der Waals surface area contributed by atoms with Gasteiger partial charge in [-0.25, -0.2) is 0 Å². The van der Waals surface area contributed by atoms with Gasteiger partial charge in [0.15, 0.2) is 0 Å². The SMILES string of the molecule is CCNC(C)(C)CCC/C=C/c1cccc(C)c1. The summed E-state index contributed by atoms with van der Waals surface area (Å²) in [4.78, 5) is 0. The second-order valence-corrected chi connectivity index (χ2v) is 5.62. The maximum absolute atomic E-state index is 3.51.